The van der Waals surface area contributed by atoms with E-state index in [9.17, 15) is 20.1 Å². The number of carbonyl (C=O) groups is 1. The van der Waals surface area contributed by atoms with Crippen LogP contribution in [0.1, 0.15) is 24.6 Å². The molecule has 1 aromatic carbocycles. The minimum absolute atomic E-state index is 0.0651. The smallest absolute Gasteiger partial charge is 0.342 e. The fourth-order valence-corrected chi connectivity index (χ4v) is 4.82. The summed E-state index contributed by atoms with van der Waals surface area (Å²) in [5, 5.41) is 35.4. The van der Waals surface area contributed by atoms with E-state index in [4.69, 9.17) is 4.74 Å². The molecule has 0 amide bonds. The van der Waals surface area contributed by atoms with Crippen LogP contribution in [-0.2, 0) is 22.5 Å². The van der Waals surface area contributed by atoms with E-state index in [1.165, 1.54) is 0 Å². The molecule has 0 saturated carbocycles. The summed E-state index contributed by atoms with van der Waals surface area (Å²) in [5.74, 6) is -0.572. The second-order valence-electron chi connectivity index (χ2n) is 8.77. The van der Waals surface area contributed by atoms with Gasteiger partial charge in [-0.05, 0) is 49.7 Å². The molecule has 166 valence electrons. The summed E-state index contributed by atoms with van der Waals surface area (Å²) < 4.78 is 6.98. The molecule has 3 aromatic rings. The third-order valence-corrected chi connectivity index (χ3v) is 6.49. The van der Waals surface area contributed by atoms with Crippen LogP contribution in [0.2, 0.25) is 0 Å². The summed E-state index contributed by atoms with van der Waals surface area (Å²) in [6.07, 6.45) is 0.363. The number of benzene rings is 1. The van der Waals surface area contributed by atoms with Crippen LogP contribution in [0, 0.1) is 0 Å². The highest BCUT2D eigenvalue weighted by Gasteiger charge is 2.47. The Morgan fingerprint density at radius 3 is 2.72 bits per heavy atom. The SMILES string of the molecule is C=c1c2cc(CN(C)C)c(O)cc2cc2nc3c(n12)=C(O)C1=C(C3)[C@@](O)(CC)C(=O)OC1. The summed E-state index contributed by atoms with van der Waals surface area (Å²) in [7, 11) is 3.86. The maximum Gasteiger partial charge on any atom is 0.342 e. The Kier molecular flexibility index (Phi) is 4.38. The number of rotatable bonds is 3. The number of imidazole rings is 1. The highest BCUT2D eigenvalue weighted by molar-refractivity contribution is 5.89. The zero-order chi connectivity index (χ0) is 22.9. The first-order valence-corrected chi connectivity index (χ1v) is 10.5. The molecule has 5 rings (SSSR count). The molecule has 2 aliphatic rings. The highest BCUT2D eigenvalue weighted by atomic mass is 16.6. The Morgan fingerprint density at radius 1 is 1.28 bits per heavy atom. The zero-order valence-corrected chi connectivity index (χ0v) is 18.3. The molecule has 3 heterocycles. The molecule has 0 unspecified atom stereocenters. The van der Waals surface area contributed by atoms with Gasteiger partial charge in [0.05, 0.1) is 5.69 Å². The van der Waals surface area contributed by atoms with Crippen LogP contribution in [0.25, 0.3) is 28.8 Å². The normalized spacial score (nSPS) is 20.8. The van der Waals surface area contributed by atoms with Crippen LogP contribution < -0.4 is 10.7 Å². The van der Waals surface area contributed by atoms with Crippen molar-refractivity contribution < 1.29 is 24.9 Å². The number of phenols is 1. The molecule has 0 saturated heterocycles. The molecule has 1 aliphatic carbocycles. The minimum Gasteiger partial charge on any atom is -0.508 e. The van der Waals surface area contributed by atoms with Crippen molar-refractivity contribution >= 4 is 34.7 Å². The predicted molar refractivity (Wildman–Crippen MR) is 119 cm³/mol. The van der Waals surface area contributed by atoms with Gasteiger partial charge < -0.3 is 25.0 Å². The number of pyridine rings is 1. The number of aliphatic hydroxyl groups is 2. The van der Waals surface area contributed by atoms with Crippen LogP contribution in [0.3, 0.4) is 0 Å². The van der Waals surface area contributed by atoms with Gasteiger partial charge in [0, 0.05) is 34.8 Å². The van der Waals surface area contributed by atoms with E-state index in [0.717, 1.165) is 16.3 Å². The lowest BCUT2D eigenvalue weighted by molar-refractivity contribution is -0.163. The molecule has 0 bridgehead atoms. The van der Waals surface area contributed by atoms with Crippen LogP contribution in [0.15, 0.2) is 29.3 Å². The monoisotopic (exact) mass is 435 g/mol. The molecule has 1 atom stereocenters. The van der Waals surface area contributed by atoms with Crippen molar-refractivity contribution in [1.82, 2.24) is 14.3 Å². The summed E-state index contributed by atoms with van der Waals surface area (Å²) in [6.45, 7) is 6.42. The summed E-state index contributed by atoms with van der Waals surface area (Å²) in [4.78, 5) is 18.9. The van der Waals surface area contributed by atoms with Gasteiger partial charge in [-0.3, -0.25) is 4.40 Å². The first-order valence-electron chi connectivity index (χ1n) is 10.5. The number of ether oxygens (including phenoxy) is 1. The molecular formula is C24H25N3O5. The Morgan fingerprint density at radius 2 is 2.03 bits per heavy atom. The number of cyclic esters (lactones) is 1. The highest BCUT2D eigenvalue weighted by Crippen LogP contribution is 2.36. The molecule has 32 heavy (non-hydrogen) atoms. The molecule has 0 radical (unpaired) electrons. The first kappa shape index (κ1) is 20.5. The van der Waals surface area contributed by atoms with Crippen molar-refractivity contribution in [1.29, 1.82) is 0 Å². The molecule has 2 aromatic heterocycles. The lowest BCUT2D eigenvalue weighted by Crippen LogP contribution is -2.48. The number of aromatic hydroxyl groups is 1. The van der Waals surface area contributed by atoms with Crippen LogP contribution in [0.4, 0.5) is 0 Å². The third kappa shape index (κ3) is 2.69. The van der Waals surface area contributed by atoms with Crippen LogP contribution in [0.5, 0.6) is 5.75 Å². The number of phenolic OH excluding ortho intramolecular Hbond substituents is 1. The van der Waals surface area contributed by atoms with Gasteiger partial charge in [0.25, 0.3) is 0 Å². The maximum absolute atomic E-state index is 12.3. The topological polar surface area (TPSA) is 108 Å². The number of esters is 1. The number of hydrogen-bond acceptors (Lipinski definition) is 7. The fraction of sp³-hybridized carbons (Fsp3) is 0.333. The largest absolute Gasteiger partial charge is 0.508 e. The number of carbonyl (C=O) groups excluding carboxylic acids is 1. The Hall–Kier alpha value is -3.36. The molecule has 8 nitrogen and oxygen atoms in total. The van der Waals surface area contributed by atoms with Gasteiger partial charge in [0.2, 0.25) is 0 Å². The minimum atomic E-state index is -1.78. The Bertz CT molecular complexity index is 1470. The van der Waals surface area contributed by atoms with Gasteiger partial charge in [-0.1, -0.05) is 13.5 Å². The van der Waals surface area contributed by atoms with E-state index in [1.807, 2.05) is 31.1 Å². The van der Waals surface area contributed by atoms with Gasteiger partial charge in [0.1, 0.15) is 29.1 Å². The van der Waals surface area contributed by atoms with Crippen molar-refractivity contribution in [2.75, 3.05) is 20.7 Å². The van der Waals surface area contributed by atoms with Crippen molar-refractivity contribution in [3.05, 3.63) is 51.3 Å². The molecule has 0 spiro atoms. The van der Waals surface area contributed by atoms with Crippen molar-refractivity contribution in [2.24, 2.45) is 0 Å². The Labute approximate surface area is 184 Å². The third-order valence-electron chi connectivity index (χ3n) is 6.49. The van der Waals surface area contributed by atoms with E-state index in [-0.39, 0.29) is 31.0 Å². The van der Waals surface area contributed by atoms with Crippen LogP contribution >= 0.6 is 0 Å². The van der Waals surface area contributed by atoms with Crippen LogP contribution in [-0.4, -0.2) is 61.9 Å². The van der Waals surface area contributed by atoms with Gasteiger partial charge in [-0.2, -0.15) is 0 Å². The zero-order valence-electron chi connectivity index (χ0n) is 18.3. The van der Waals surface area contributed by atoms with Gasteiger partial charge in [0.15, 0.2) is 5.60 Å². The van der Waals surface area contributed by atoms with E-state index in [2.05, 4.69) is 11.6 Å². The lowest BCUT2D eigenvalue weighted by atomic mass is 9.80. The van der Waals surface area contributed by atoms with E-state index >= 15 is 0 Å². The predicted octanol–water partition coefficient (Wildman–Crippen LogP) is 0.882. The second-order valence-corrected chi connectivity index (χ2v) is 8.77. The lowest BCUT2D eigenvalue weighted by Gasteiger charge is -2.35. The van der Waals surface area contributed by atoms with Crippen molar-refractivity contribution in [3.8, 4) is 5.75 Å². The summed E-state index contributed by atoms with van der Waals surface area (Å²) >= 11 is 0. The summed E-state index contributed by atoms with van der Waals surface area (Å²) in [5.41, 5.74) is 0.963. The van der Waals surface area contributed by atoms with Gasteiger partial charge in [-0.25, -0.2) is 9.78 Å². The molecule has 1 aliphatic heterocycles. The summed E-state index contributed by atoms with van der Waals surface area (Å²) in [6, 6.07) is 5.44. The van der Waals surface area contributed by atoms with E-state index in [0.29, 0.717) is 39.7 Å². The number of fused-ring (bicyclic) bond motifs is 4. The second kappa shape index (κ2) is 6.82. The van der Waals surface area contributed by atoms with E-state index < -0.39 is 11.6 Å². The van der Waals surface area contributed by atoms with Gasteiger partial charge >= 0.3 is 5.97 Å². The number of hydrogen-bond donors (Lipinski definition) is 3. The van der Waals surface area contributed by atoms with E-state index in [1.54, 1.807) is 17.4 Å². The Balaban J connectivity index is 1.82. The molecule has 3 N–H and O–H groups in total. The number of nitrogens with zero attached hydrogens (tertiary/aromatic N) is 3. The van der Waals surface area contributed by atoms with Crippen molar-refractivity contribution in [3.63, 3.8) is 0 Å². The van der Waals surface area contributed by atoms with Crippen molar-refractivity contribution in [2.45, 2.75) is 31.9 Å². The number of aliphatic hydroxyl groups excluding tert-OH is 1. The van der Waals surface area contributed by atoms with Gasteiger partial charge in [-0.15, -0.1) is 0 Å². The average molecular weight is 435 g/mol. The number of aromatic nitrogens is 2. The average Bonchev–Trinajstić information content (AvgIpc) is 3.11. The standard InChI is InChI=1S/C24H25N3O5/c1-5-24(31)17-9-18-21(22(29)16(17)11-32-23(24)30)27-12(2)15-6-14(10-26(3)4)19(28)7-13(15)8-20(27)25-18/h6-8,28-29,31H,2,5,9-11H2,1,3-4H3/t24-/m0/s1. The molecule has 0 fully saturated rings. The maximum atomic E-state index is 12.3. The first-order chi connectivity index (χ1) is 15.2. The molecular weight excluding hydrogens is 410 g/mol. The quantitative estimate of drug-likeness (QED) is 0.524. The molecule has 8 heteroatoms. The fourth-order valence-electron chi connectivity index (χ4n) is 4.82.